The largest absolute Gasteiger partial charge is 0.388 e. The van der Waals surface area contributed by atoms with Gasteiger partial charge in [-0.1, -0.05) is 19.4 Å². The molecule has 3 heterocycles. The summed E-state index contributed by atoms with van der Waals surface area (Å²) in [4.78, 5) is 4.58. The summed E-state index contributed by atoms with van der Waals surface area (Å²) < 4.78 is 4.08. The Morgan fingerprint density at radius 3 is 2.90 bits per heavy atom. The van der Waals surface area contributed by atoms with Crippen molar-refractivity contribution in [3.8, 4) is 0 Å². The van der Waals surface area contributed by atoms with Crippen LogP contribution in [0, 0.1) is 0 Å². The maximum absolute atomic E-state index is 9.98. The molecule has 4 nitrogen and oxygen atoms in total. The molecule has 0 spiro atoms. The zero-order valence-corrected chi connectivity index (χ0v) is 11.6. The van der Waals surface area contributed by atoms with Crippen LogP contribution in [0.5, 0.6) is 0 Å². The first kappa shape index (κ1) is 12.9. The third-order valence-electron chi connectivity index (χ3n) is 3.48. The number of aromatic nitrogens is 3. The van der Waals surface area contributed by atoms with Crippen molar-refractivity contribution in [3.05, 3.63) is 60.3 Å². The Hall–Kier alpha value is -2.07. The van der Waals surface area contributed by atoms with Crippen LogP contribution in [0.25, 0.3) is 5.65 Å². The minimum absolute atomic E-state index is 0.359. The van der Waals surface area contributed by atoms with Crippen molar-refractivity contribution < 1.29 is 5.11 Å². The van der Waals surface area contributed by atoms with E-state index < -0.39 is 0 Å². The van der Waals surface area contributed by atoms with Gasteiger partial charge in [0, 0.05) is 24.8 Å². The van der Waals surface area contributed by atoms with Crippen molar-refractivity contribution in [1.29, 1.82) is 0 Å². The first-order chi connectivity index (χ1) is 9.76. The normalized spacial score (nSPS) is 12.9. The third kappa shape index (κ3) is 2.60. The molecule has 0 saturated heterocycles. The van der Waals surface area contributed by atoms with Gasteiger partial charge in [-0.15, -0.1) is 0 Å². The Morgan fingerprint density at radius 1 is 1.20 bits per heavy atom. The van der Waals surface area contributed by atoms with Crippen LogP contribution in [0.15, 0.2) is 49.1 Å². The van der Waals surface area contributed by atoms with Gasteiger partial charge < -0.3 is 14.1 Å². The number of aliphatic hydroxyl groups excluding tert-OH is 1. The Balaban J connectivity index is 1.77. The molecule has 3 aromatic heterocycles. The van der Waals surface area contributed by atoms with E-state index in [0.29, 0.717) is 0 Å². The van der Waals surface area contributed by atoms with Crippen LogP contribution in [0.3, 0.4) is 0 Å². The Bertz CT molecular complexity index is 665. The van der Waals surface area contributed by atoms with Gasteiger partial charge in [-0.05, 0) is 30.2 Å². The van der Waals surface area contributed by atoms with E-state index >= 15 is 0 Å². The lowest BCUT2D eigenvalue weighted by molar-refractivity contribution is 0.166. The number of fused-ring (bicyclic) bond motifs is 1. The molecule has 0 aliphatic heterocycles. The van der Waals surface area contributed by atoms with Gasteiger partial charge >= 0.3 is 0 Å². The number of hydrogen-bond acceptors (Lipinski definition) is 2. The van der Waals surface area contributed by atoms with Gasteiger partial charge in [-0.3, -0.25) is 0 Å². The van der Waals surface area contributed by atoms with E-state index in [0.717, 1.165) is 36.3 Å². The van der Waals surface area contributed by atoms with Gasteiger partial charge in [0.15, 0.2) is 0 Å². The molecule has 104 valence electrons. The predicted molar refractivity (Wildman–Crippen MR) is 78.6 cm³/mol. The Morgan fingerprint density at radius 2 is 2.10 bits per heavy atom. The fourth-order valence-corrected chi connectivity index (χ4v) is 2.45. The van der Waals surface area contributed by atoms with Gasteiger partial charge in [0.05, 0.1) is 18.3 Å². The monoisotopic (exact) mass is 269 g/mol. The number of aliphatic hydroxyl groups is 1. The summed E-state index contributed by atoms with van der Waals surface area (Å²) in [7, 11) is 0. The fourth-order valence-electron chi connectivity index (χ4n) is 2.45. The minimum atomic E-state index is -0.359. The molecule has 0 fully saturated rings. The van der Waals surface area contributed by atoms with E-state index in [1.165, 1.54) is 0 Å². The van der Waals surface area contributed by atoms with Crippen LogP contribution in [0.2, 0.25) is 0 Å². The molecule has 3 aromatic rings. The molecule has 0 amide bonds. The average molecular weight is 269 g/mol. The summed E-state index contributed by atoms with van der Waals surface area (Å²) in [5.41, 5.74) is 2.96. The highest BCUT2D eigenvalue weighted by Gasteiger charge is 2.08. The van der Waals surface area contributed by atoms with E-state index in [1.807, 2.05) is 53.5 Å². The van der Waals surface area contributed by atoms with Crippen molar-refractivity contribution in [1.82, 2.24) is 14.0 Å². The summed E-state index contributed by atoms with van der Waals surface area (Å²) in [5.74, 6) is 0. The smallest absolute Gasteiger partial charge is 0.137 e. The standard InChI is InChI=1S/C16H19N3O/c1-2-5-15(20)13-7-9-18(10-13)11-14-12-19-8-4-3-6-16(19)17-14/h3-4,6-10,12,15,20H,2,5,11H2,1H3. The van der Waals surface area contributed by atoms with Gasteiger partial charge in [-0.25, -0.2) is 4.98 Å². The second-order valence-electron chi connectivity index (χ2n) is 5.12. The van der Waals surface area contributed by atoms with Crippen LogP contribution in [-0.2, 0) is 6.54 Å². The molecule has 0 aliphatic carbocycles. The third-order valence-corrected chi connectivity index (χ3v) is 3.48. The highest BCUT2D eigenvalue weighted by atomic mass is 16.3. The van der Waals surface area contributed by atoms with Crippen LogP contribution in [0.4, 0.5) is 0 Å². The van der Waals surface area contributed by atoms with Gasteiger partial charge in [0.1, 0.15) is 5.65 Å². The number of nitrogens with zero attached hydrogens (tertiary/aromatic N) is 3. The molecule has 1 unspecified atom stereocenters. The molecule has 0 radical (unpaired) electrons. The number of imidazole rings is 1. The summed E-state index contributed by atoms with van der Waals surface area (Å²) in [6.45, 7) is 2.80. The molecule has 20 heavy (non-hydrogen) atoms. The van der Waals surface area contributed by atoms with Crippen LogP contribution >= 0.6 is 0 Å². The first-order valence-corrected chi connectivity index (χ1v) is 7.02. The second-order valence-corrected chi connectivity index (χ2v) is 5.12. The number of rotatable bonds is 5. The lowest BCUT2D eigenvalue weighted by atomic mass is 10.1. The molecule has 1 N–H and O–H groups in total. The maximum Gasteiger partial charge on any atom is 0.137 e. The molecule has 0 saturated carbocycles. The van der Waals surface area contributed by atoms with E-state index in [4.69, 9.17) is 0 Å². The fraction of sp³-hybridized carbons (Fsp3) is 0.312. The van der Waals surface area contributed by atoms with Crippen molar-refractivity contribution >= 4 is 5.65 Å². The van der Waals surface area contributed by atoms with E-state index in [-0.39, 0.29) is 6.10 Å². The molecular weight excluding hydrogens is 250 g/mol. The lowest BCUT2D eigenvalue weighted by Crippen LogP contribution is -1.98. The number of hydrogen-bond donors (Lipinski definition) is 1. The van der Waals surface area contributed by atoms with Gasteiger partial charge in [0.2, 0.25) is 0 Å². The van der Waals surface area contributed by atoms with Gasteiger partial charge in [-0.2, -0.15) is 0 Å². The van der Waals surface area contributed by atoms with Crippen molar-refractivity contribution in [2.75, 3.05) is 0 Å². The topological polar surface area (TPSA) is 42.5 Å². The van der Waals surface area contributed by atoms with E-state index in [1.54, 1.807) is 0 Å². The molecular formula is C16H19N3O. The molecule has 0 bridgehead atoms. The van der Waals surface area contributed by atoms with E-state index in [2.05, 4.69) is 16.5 Å². The highest BCUT2D eigenvalue weighted by molar-refractivity contribution is 5.39. The summed E-state index contributed by atoms with van der Waals surface area (Å²) in [6.07, 6.45) is 9.47. The zero-order chi connectivity index (χ0) is 13.9. The van der Waals surface area contributed by atoms with E-state index in [9.17, 15) is 5.11 Å². The summed E-state index contributed by atoms with van der Waals surface area (Å²) in [5, 5.41) is 9.98. The zero-order valence-electron chi connectivity index (χ0n) is 11.6. The Labute approximate surface area is 118 Å². The maximum atomic E-state index is 9.98. The van der Waals surface area contributed by atoms with Gasteiger partial charge in [0.25, 0.3) is 0 Å². The summed E-state index contributed by atoms with van der Waals surface area (Å²) >= 11 is 0. The van der Waals surface area contributed by atoms with Crippen LogP contribution < -0.4 is 0 Å². The SMILES string of the molecule is CCCC(O)c1ccn(Cc2cn3ccccc3n2)c1. The van der Waals surface area contributed by atoms with Crippen LogP contribution in [-0.4, -0.2) is 19.1 Å². The second kappa shape index (κ2) is 5.51. The Kier molecular flexibility index (Phi) is 3.56. The summed E-state index contributed by atoms with van der Waals surface area (Å²) in [6, 6.07) is 7.96. The predicted octanol–water partition coefficient (Wildman–Crippen LogP) is 3.02. The average Bonchev–Trinajstić information content (AvgIpc) is 3.05. The van der Waals surface area contributed by atoms with Crippen molar-refractivity contribution in [3.63, 3.8) is 0 Å². The molecule has 0 aromatic carbocycles. The van der Waals surface area contributed by atoms with Crippen molar-refractivity contribution in [2.24, 2.45) is 0 Å². The molecule has 4 heteroatoms. The highest BCUT2D eigenvalue weighted by Crippen LogP contribution is 2.18. The van der Waals surface area contributed by atoms with Crippen molar-refractivity contribution in [2.45, 2.75) is 32.4 Å². The minimum Gasteiger partial charge on any atom is -0.388 e. The van der Waals surface area contributed by atoms with Crippen LogP contribution in [0.1, 0.15) is 37.1 Å². The number of pyridine rings is 1. The molecule has 1 atom stereocenters. The lowest BCUT2D eigenvalue weighted by Gasteiger charge is -2.06. The quantitative estimate of drug-likeness (QED) is 0.773. The molecule has 3 rings (SSSR count). The molecule has 0 aliphatic rings. The first-order valence-electron chi connectivity index (χ1n) is 7.02.